The van der Waals surface area contributed by atoms with Gasteiger partial charge in [0.25, 0.3) is 0 Å². The molecule has 2 aromatic rings. The Kier molecular flexibility index (Phi) is 5.41. The SMILES string of the molecule is COc1ccc(C)cc1CC(=O)OCC(=O)c1ccc2c(c1)OCCO2. The van der Waals surface area contributed by atoms with Gasteiger partial charge in [0.05, 0.1) is 13.5 Å². The fourth-order valence-electron chi connectivity index (χ4n) is 2.70. The molecule has 0 unspecified atom stereocenters. The standard InChI is InChI=1S/C20H20O6/c1-13-3-5-17(23-2)15(9-13)11-20(22)26-12-16(21)14-4-6-18-19(10-14)25-8-7-24-18/h3-6,9-10H,7-8,11-12H2,1-2H3. The summed E-state index contributed by atoms with van der Waals surface area (Å²) in [6.07, 6.45) is 0.0409. The van der Waals surface area contributed by atoms with Crippen molar-refractivity contribution in [1.82, 2.24) is 0 Å². The molecule has 1 aliphatic rings. The lowest BCUT2D eigenvalue weighted by molar-refractivity contribution is -0.141. The normalized spacial score (nSPS) is 12.4. The van der Waals surface area contributed by atoms with E-state index in [2.05, 4.69) is 0 Å². The van der Waals surface area contributed by atoms with Gasteiger partial charge in [-0.25, -0.2) is 0 Å². The molecule has 0 spiro atoms. The number of ether oxygens (including phenoxy) is 4. The molecular weight excluding hydrogens is 336 g/mol. The minimum atomic E-state index is -0.486. The number of methoxy groups -OCH3 is 1. The van der Waals surface area contributed by atoms with Gasteiger partial charge >= 0.3 is 5.97 Å². The number of esters is 1. The molecule has 136 valence electrons. The third kappa shape index (κ3) is 4.14. The first kappa shape index (κ1) is 17.8. The molecule has 0 atom stereocenters. The van der Waals surface area contributed by atoms with Crippen LogP contribution in [-0.2, 0) is 16.0 Å². The molecule has 0 saturated heterocycles. The summed E-state index contributed by atoms with van der Waals surface area (Å²) in [4.78, 5) is 24.4. The summed E-state index contributed by atoms with van der Waals surface area (Å²) in [6, 6.07) is 10.5. The van der Waals surface area contributed by atoms with Crippen LogP contribution in [0.25, 0.3) is 0 Å². The Morgan fingerprint density at radius 1 is 1.04 bits per heavy atom. The number of ketones is 1. The highest BCUT2D eigenvalue weighted by Gasteiger charge is 2.17. The maximum atomic E-state index is 12.3. The van der Waals surface area contributed by atoms with Crippen LogP contribution in [0.4, 0.5) is 0 Å². The smallest absolute Gasteiger partial charge is 0.310 e. The molecule has 1 heterocycles. The highest BCUT2D eigenvalue weighted by Crippen LogP contribution is 2.30. The average Bonchev–Trinajstić information content (AvgIpc) is 2.66. The first-order chi connectivity index (χ1) is 12.6. The number of carbonyl (C=O) groups is 2. The Morgan fingerprint density at radius 2 is 1.81 bits per heavy atom. The van der Waals surface area contributed by atoms with Gasteiger partial charge in [0.2, 0.25) is 0 Å². The fourth-order valence-corrected chi connectivity index (χ4v) is 2.70. The molecule has 0 aliphatic carbocycles. The van der Waals surface area contributed by atoms with E-state index >= 15 is 0 Å². The number of fused-ring (bicyclic) bond motifs is 1. The van der Waals surface area contributed by atoms with E-state index in [1.807, 2.05) is 19.1 Å². The molecule has 0 saturated carbocycles. The first-order valence-electron chi connectivity index (χ1n) is 8.29. The second-order valence-electron chi connectivity index (χ2n) is 5.93. The van der Waals surface area contributed by atoms with Gasteiger partial charge in [-0.3, -0.25) is 9.59 Å². The van der Waals surface area contributed by atoms with E-state index < -0.39 is 5.97 Å². The molecule has 0 fully saturated rings. The zero-order valence-electron chi connectivity index (χ0n) is 14.7. The molecule has 2 aromatic carbocycles. The van der Waals surface area contributed by atoms with Crippen LogP contribution in [0.2, 0.25) is 0 Å². The predicted molar refractivity (Wildman–Crippen MR) is 94.2 cm³/mol. The Labute approximate surface area is 151 Å². The van der Waals surface area contributed by atoms with Crippen molar-refractivity contribution in [3.8, 4) is 17.2 Å². The van der Waals surface area contributed by atoms with Gasteiger partial charge in [0.15, 0.2) is 23.9 Å². The second-order valence-corrected chi connectivity index (χ2v) is 5.93. The quantitative estimate of drug-likeness (QED) is 0.585. The molecule has 0 N–H and O–H groups in total. The van der Waals surface area contributed by atoms with Crippen LogP contribution in [0.15, 0.2) is 36.4 Å². The van der Waals surface area contributed by atoms with Gasteiger partial charge in [-0.05, 0) is 31.2 Å². The molecule has 0 amide bonds. The van der Waals surface area contributed by atoms with Crippen molar-refractivity contribution in [3.05, 3.63) is 53.1 Å². The van der Waals surface area contributed by atoms with Gasteiger partial charge in [0, 0.05) is 11.1 Å². The molecular formula is C20H20O6. The molecule has 6 nitrogen and oxygen atoms in total. The van der Waals surface area contributed by atoms with Gasteiger partial charge in [-0.15, -0.1) is 0 Å². The van der Waals surface area contributed by atoms with Crippen molar-refractivity contribution >= 4 is 11.8 Å². The van der Waals surface area contributed by atoms with E-state index in [9.17, 15) is 9.59 Å². The average molecular weight is 356 g/mol. The van der Waals surface area contributed by atoms with Crippen LogP contribution in [0.5, 0.6) is 17.2 Å². The lowest BCUT2D eigenvalue weighted by Crippen LogP contribution is -2.18. The van der Waals surface area contributed by atoms with Gasteiger partial charge in [0.1, 0.15) is 19.0 Å². The van der Waals surface area contributed by atoms with Crippen molar-refractivity contribution in [2.75, 3.05) is 26.9 Å². The number of carbonyl (C=O) groups excluding carboxylic acids is 2. The molecule has 6 heteroatoms. The highest BCUT2D eigenvalue weighted by atomic mass is 16.6. The number of hydrogen-bond acceptors (Lipinski definition) is 6. The topological polar surface area (TPSA) is 71.1 Å². The predicted octanol–water partition coefficient (Wildman–Crippen LogP) is 2.74. The number of rotatable bonds is 6. The first-order valence-corrected chi connectivity index (χ1v) is 8.29. The van der Waals surface area contributed by atoms with Gasteiger partial charge in [-0.2, -0.15) is 0 Å². The molecule has 0 radical (unpaired) electrons. The zero-order valence-corrected chi connectivity index (χ0v) is 14.7. The van der Waals surface area contributed by atoms with E-state index in [1.54, 1.807) is 31.4 Å². The van der Waals surface area contributed by atoms with Crippen LogP contribution in [0.3, 0.4) is 0 Å². The summed E-state index contributed by atoms with van der Waals surface area (Å²) in [7, 11) is 1.55. The third-order valence-corrected chi connectivity index (χ3v) is 4.00. The van der Waals surface area contributed by atoms with E-state index in [0.29, 0.717) is 36.0 Å². The van der Waals surface area contributed by atoms with Gasteiger partial charge in [-0.1, -0.05) is 17.7 Å². The number of aryl methyl sites for hydroxylation is 1. The molecule has 26 heavy (non-hydrogen) atoms. The van der Waals surface area contributed by atoms with Crippen LogP contribution in [-0.4, -0.2) is 38.7 Å². The van der Waals surface area contributed by atoms with Crippen LogP contribution in [0, 0.1) is 6.92 Å². The summed E-state index contributed by atoms with van der Waals surface area (Å²) in [5, 5.41) is 0. The Balaban J connectivity index is 1.59. The van der Waals surface area contributed by atoms with E-state index in [1.165, 1.54) is 0 Å². The zero-order chi connectivity index (χ0) is 18.5. The van der Waals surface area contributed by atoms with E-state index in [0.717, 1.165) is 11.1 Å². The van der Waals surface area contributed by atoms with Crippen molar-refractivity contribution in [2.24, 2.45) is 0 Å². The maximum Gasteiger partial charge on any atom is 0.310 e. The summed E-state index contributed by atoms with van der Waals surface area (Å²) >= 11 is 0. The van der Waals surface area contributed by atoms with Crippen molar-refractivity contribution in [3.63, 3.8) is 0 Å². The highest BCUT2D eigenvalue weighted by molar-refractivity contribution is 5.98. The number of Topliss-reactive ketones (excluding diaryl/α,β-unsaturated/α-hetero) is 1. The van der Waals surface area contributed by atoms with Crippen LogP contribution in [0.1, 0.15) is 21.5 Å². The number of hydrogen-bond donors (Lipinski definition) is 0. The Bertz CT molecular complexity index is 827. The van der Waals surface area contributed by atoms with Gasteiger partial charge < -0.3 is 18.9 Å². The largest absolute Gasteiger partial charge is 0.496 e. The minimum absolute atomic E-state index is 0.0409. The summed E-state index contributed by atoms with van der Waals surface area (Å²) in [6.45, 7) is 2.53. The molecule has 0 aromatic heterocycles. The lowest BCUT2D eigenvalue weighted by atomic mass is 10.1. The second kappa shape index (κ2) is 7.91. The molecule has 0 bridgehead atoms. The van der Waals surface area contributed by atoms with E-state index in [-0.39, 0.29) is 18.8 Å². The molecule has 3 rings (SSSR count). The lowest BCUT2D eigenvalue weighted by Gasteiger charge is -2.18. The van der Waals surface area contributed by atoms with Crippen molar-refractivity contribution < 1.29 is 28.5 Å². The third-order valence-electron chi connectivity index (χ3n) is 4.00. The van der Waals surface area contributed by atoms with E-state index in [4.69, 9.17) is 18.9 Å². The fraction of sp³-hybridized carbons (Fsp3) is 0.300. The van der Waals surface area contributed by atoms with Crippen LogP contribution >= 0.6 is 0 Å². The van der Waals surface area contributed by atoms with Crippen molar-refractivity contribution in [2.45, 2.75) is 13.3 Å². The summed E-state index contributed by atoms with van der Waals surface area (Å²) < 4.78 is 21.3. The maximum absolute atomic E-state index is 12.3. The van der Waals surface area contributed by atoms with Crippen molar-refractivity contribution in [1.29, 1.82) is 0 Å². The Morgan fingerprint density at radius 3 is 2.58 bits per heavy atom. The molecule has 1 aliphatic heterocycles. The summed E-state index contributed by atoms with van der Waals surface area (Å²) in [5.74, 6) is 0.964. The monoisotopic (exact) mass is 356 g/mol. The Hall–Kier alpha value is -3.02. The van der Waals surface area contributed by atoms with Crippen LogP contribution < -0.4 is 14.2 Å². The number of benzene rings is 2. The minimum Gasteiger partial charge on any atom is -0.496 e. The summed E-state index contributed by atoms with van der Waals surface area (Å²) in [5.41, 5.74) is 2.15.